The highest BCUT2D eigenvalue weighted by molar-refractivity contribution is 4.99. The molecule has 0 bridgehead atoms. The van der Waals surface area contributed by atoms with Crippen LogP contribution in [0.15, 0.2) is 0 Å². The minimum atomic E-state index is 0.470. The van der Waals surface area contributed by atoms with Gasteiger partial charge in [0.25, 0.3) is 0 Å². The average molecular weight is 268 g/mol. The van der Waals surface area contributed by atoms with Gasteiger partial charge in [-0.3, -0.25) is 4.90 Å². The number of nitrogens with zero attached hydrogens (tertiary/aromatic N) is 2. The highest BCUT2D eigenvalue weighted by atomic mass is 16.5. The summed E-state index contributed by atoms with van der Waals surface area (Å²) in [6.45, 7) is 11.2. The standard InChI is InChI=1S/C8H15NO.C7H13NO/c1-9-5-3-2-4-8(9)6-10-7-8;1-2-8-3-7(4-8)5-9-6-7/h2-7H2,1H3;2-6H2,1H3. The van der Waals surface area contributed by atoms with E-state index in [1.54, 1.807) is 0 Å². The Morgan fingerprint density at radius 3 is 2.05 bits per heavy atom. The van der Waals surface area contributed by atoms with Crippen LogP contribution in [0.3, 0.4) is 0 Å². The first-order valence-electron chi connectivity index (χ1n) is 7.77. The fraction of sp³-hybridized carbons (Fsp3) is 1.00. The van der Waals surface area contributed by atoms with Gasteiger partial charge in [-0.1, -0.05) is 13.3 Å². The Morgan fingerprint density at radius 2 is 1.68 bits per heavy atom. The Kier molecular flexibility index (Phi) is 3.87. The molecule has 4 aliphatic heterocycles. The molecule has 110 valence electrons. The summed E-state index contributed by atoms with van der Waals surface area (Å²) in [6, 6.07) is 0. The van der Waals surface area contributed by atoms with E-state index in [9.17, 15) is 0 Å². The van der Waals surface area contributed by atoms with Crippen molar-refractivity contribution in [3.63, 3.8) is 0 Å². The van der Waals surface area contributed by atoms with Crippen LogP contribution in [0.2, 0.25) is 0 Å². The quantitative estimate of drug-likeness (QED) is 0.714. The van der Waals surface area contributed by atoms with E-state index < -0.39 is 0 Å². The summed E-state index contributed by atoms with van der Waals surface area (Å²) >= 11 is 0. The zero-order valence-electron chi connectivity index (χ0n) is 12.5. The summed E-state index contributed by atoms with van der Waals surface area (Å²) in [5.41, 5.74) is 1.09. The molecule has 0 atom stereocenters. The number of piperidine rings is 1. The molecule has 0 aromatic rings. The van der Waals surface area contributed by atoms with Crippen molar-refractivity contribution in [2.24, 2.45) is 5.41 Å². The number of ether oxygens (including phenoxy) is 2. The molecule has 0 aliphatic carbocycles. The Morgan fingerprint density at radius 1 is 1.00 bits per heavy atom. The average Bonchev–Trinajstić information content (AvgIpc) is 2.25. The molecule has 4 rings (SSSR count). The minimum absolute atomic E-state index is 0.470. The van der Waals surface area contributed by atoms with Gasteiger partial charge in [-0.05, 0) is 33.0 Å². The number of likely N-dealkylation sites (tertiary alicyclic amines) is 2. The van der Waals surface area contributed by atoms with Crippen LogP contribution in [0.5, 0.6) is 0 Å². The maximum Gasteiger partial charge on any atom is 0.0676 e. The van der Waals surface area contributed by atoms with Gasteiger partial charge in [-0.25, -0.2) is 0 Å². The molecule has 4 heteroatoms. The van der Waals surface area contributed by atoms with Gasteiger partial charge in [0.2, 0.25) is 0 Å². The zero-order valence-corrected chi connectivity index (χ0v) is 12.5. The Balaban J connectivity index is 0.000000117. The normalized spacial score (nSPS) is 31.9. The molecule has 4 fully saturated rings. The molecule has 0 aromatic heterocycles. The van der Waals surface area contributed by atoms with Crippen molar-refractivity contribution in [3.05, 3.63) is 0 Å². The van der Waals surface area contributed by atoms with Gasteiger partial charge >= 0.3 is 0 Å². The predicted octanol–water partition coefficient (Wildman–Crippen LogP) is 1.21. The fourth-order valence-corrected chi connectivity index (χ4v) is 3.63. The van der Waals surface area contributed by atoms with Crippen molar-refractivity contribution in [1.82, 2.24) is 9.80 Å². The highest BCUT2D eigenvalue weighted by Crippen LogP contribution is 2.36. The van der Waals surface area contributed by atoms with Gasteiger partial charge in [0.05, 0.1) is 32.0 Å². The molecule has 4 saturated heterocycles. The molecular formula is C15H28N2O2. The van der Waals surface area contributed by atoms with Crippen molar-refractivity contribution in [2.75, 3.05) is 59.7 Å². The van der Waals surface area contributed by atoms with E-state index in [1.807, 2.05) is 0 Å². The summed E-state index contributed by atoms with van der Waals surface area (Å²) in [7, 11) is 2.22. The van der Waals surface area contributed by atoms with Crippen molar-refractivity contribution in [2.45, 2.75) is 31.7 Å². The maximum atomic E-state index is 5.24. The molecule has 4 nitrogen and oxygen atoms in total. The molecule has 4 aliphatic rings. The third-order valence-electron chi connectivity index (χ3n) is 5.32. The van der Waals surface area contributed by atoms with Gasteiger partial charge in [0.15, 0.2) is 0 Å². The lowest BCUT2D eigenvalue weighted by atomic mass is 9.78. The van der Waals surface area contributed by atoms with E-state index in [4.69, 9.17) is 9.47 Å². The Bertz CT molecular complexity index is 305. The minimum Gasteiger partial charge on any atom is -0.380 e. The van der Waals surface area contributed by atoms with Crippen molar-refractivity contribution >= 4 is 0 Å². The first-order valence-corrected chi connectivity index (χ1v) is 7.77. The smallest absolute Gasteiger partial charge is 0.0676 e. The van der Waals surface area contributed by atoms with Crippen LogP contribution in [0.4, 0.5) is 0 Å². The van der Waals surface area contributed by atoms with Crippen LogP contribution in [0, 0.1) is 5.41 Å². The molecular weight excluding hydrogens is 240 g/mol. The van der Waals surface area contributed by atoms with E-state index in [-0.39, 0.29) is 0 Å². The lowest BCUT2D eigenvalue weighted by molar-refractivity contribution is -0.187. The summed E-state index contributed by atoms with van der Waals surface area (Å²) < 4.78 is 10.4. The largest absolute Gasteiger partial charge is 0.380 e. The highest BCUT2D eigenvalue weighted by Gasteiger charge is 2.48. The van der Waals surface area contributed by atoms with Gasteiger partial charge in [0, 0.05) is 18.5 Å². The van der Waals surface area contributed by atoms with Crippen LogP contribution in [0.25, 0.3) is 0 Å². The van der Waals surface area contributed by atoms with Crippen molar-refractivity contribution in [3.8, 4) is 0 Å². The summed E-state index contributed by atoms with van der Waals surface area (Å²) in [5, 5.41) is 0. The molecule has 0 aromatic carbocycles. The molecule has 19 heavy (non-hydrogen) atoms. The fourth-order valence-electron chi connectivity index (χ4n) is 3.63. The third kappa shape index (κ3) is 2.56. The van der Waals surface area contributed by atoms with Crippen LogP contribution >= 0.6 is 0 Å². The van der Waals surface area contributed by atoms with Crippen LogP contribution in [-0.2, 0) is 9.47 Å². The second-order valence-electron chi connectivity index (χ2n) is 6.89. The molecule has 0 unspecified atom stereocenters. The van der Waals surface area contributed by atoms with Crippen LogP contribution < -0.4 is 0 Å². The van der Waals surface area contributed by atoms with Gasteiger partial charge in [-0.15, -0.1) is 0 Å². The molecule has 0 radical (unpaired) electrons. The number of rotatable bonds is 1. The third-order valence-corrected chi connectivity index (χ3v) is 5.32. The summed E-state index contributed by atoms with van der Waals surface area (Å²) in [4.78, 5) is 4.93. The van der Waals surface area contributed by atoms with E-state index in [0.717, 1.165) is 26.4 Å². The molecule has 4 heterocycles. The molecule has 2 spiro atoms. The van der Waals surface area contributed by atoms with E-state index in [0.29, 0.717) is 11.0 Å². The monoisotopic (exact) mass is 268 g/mol. The van der Waals surface area contributed by atoms with Crippen LogP contribution in [-0.4, -0.2) is 75.0 Å². The van der Waals surface area contributed by atoms with E-state index in [2.05, 4.69) is 23.8 Å². The van der Waals surface area contributed by atoms with Gasteiger partial charge < -0.3 is 14.4 Å². The van der Waals surface area contributed by atoms with Crippen molar-refractivity contribution in [1.29, 1.82) is 0 Å². The number of hydrogen-bond acceptors (Lipinski definition) is 4. The van der Waals surface area contributed by atoms with Gasteiger partial charge in [0.1, 0.15) is 0 Å². The second-order valence-corrected chi connectivity index (χ2v) is 6.89. The number of likely N-dealkylation sites (N-methyl/N-ethyl adjacent to an activating group) is 1. The SMILES string of the molecule is CCN1CC2(COC2)C1.CN1CCCCC12COC2. The predicted molar refractivity (Wildman–Crippen MR) is 75.4 cm³/mol. The maximum absolute atomic E-state index is 5.24. The van der Waals surface area contributed by atoms with Crippen LogP contribution in [0.1, 0.15) is 26.2 Å². The Hall–Kier alpha value is -0.160. The summed E-state index contributed by atoms with van der Waals surface area (Å²) in [5.74, 6) is 0. The summed E-state index contributed by atoms with van der Waals surface area (Å²) in [6.07, 6.45) is 4.12. The first kappa shape index (κ1) is 13.8. The Labute approximate surface area is 117 Å². The molecule has 0 saturated carbocycles. The molecule has 0 amide bonds. The zero-order chi connectivity index (χ0) is 13.3. The van der Waals surface area contributed by atoms with Gasteiger partial charge in [-0.2, -0.15) is 0 Å². The molecule has 0 N–H and O–H groups in total. The lowest BCUT2D eigenvalue weighted by Gasteiger charge is -2.54. The van der Waals surface area contributed by atoms with Crippen molar-refractivity contribution < 1.29 is 9.47 Å². The lowest BCUT2D eigenvalue weighted by Crippen LogP contribution is -2.65. The van der Waals surface area contributed by atoms with E-state index >= 15 is 0 Å². The first-order chi connectivity index (χ1) is 9.18. The second kappa shape index (κ2) is 5.32. The topological polar surface area (TPSA) is 24.9 Å². The number of hydrogen-bond donors (Lipinski definition) is 0. The van der Waals surface area contributed by atoms with E-state index in [1.165, 1.54) is 45.4 Å².